The summed E-state index contributed by atoms with van der Waals surface area (Å²) in [4.78, 5) is 11.1. The molecule has 12 heavy (non-hydrogen) atoms. The Morgan fingerprint density at radius 1 is 1.33 bits per heavy atom. The van der Waals surface area contributed by atoms with Gasteiger partial charge in [-0.3, -0.25) is 4.79 Å². The van der Waals surface area contributed by atoms with Crippen LogP contribution in [0.4, 0.5) is 0 Å². The maximum Gasteiger partial charge on any atom is 0.156 e. The molecule has 0 bridgehead atoms. The van der Waals surface area contributed by atoms with Crippen molar-refractivity contribution >= 4 is 19.4 Å². The van der Waals surface area contributed by atoms with E-state index in [1.165, 1.54) is 16.4 Å². The third-order valence-electron chi connectivity index (χ3n) is 2.16. The largest absolute Gasteiger partial charge is 0.295 e. The monoisotopic (exact) mass is 178 g/mol. The van der Waals surface area contributed by atoms with E-state index in [9.17, 15) is 4.79 Å². The van der Waals surface area contributed by atoms with Crippen molar-refractivity contribution in [2.45, 2.75) is 19.8 Å². The molecule has 1 aliphatic rings. The van der Waals surface area contributed by atoms with Crippen molar-refractivity contribution in [1.29, 1.82) is 0 Å². The van der Waals surface area contributed by atoms with Crippen molar-refractivity contribution in [2.75, 3.05) is 0 Å². The second-order valence-electron chi connectivity index (χ2n) is 3.21. The second-order valence-corrected chi connectivity index (χ2v) is 4.56. The van der Waals surface area contributed by atoms with Crippen molar-refractivity contribution in [3.8, 4) is 0 Å². The predicted octanol–water partition coefficient (Wildman–Crippen LogP) is 1.77. The van der Waals surface area contributed by atoms with Crippen molar-refractivity contribution < 1.29 is 4.79 Å². The number of carbonyl (C=O) groups is 1. The normalized spacial score (nSPS) is 17.9. The van der Waals surface area contributed by atoms with Gasteiger partial charge < -0.3 is 0 Å². The van der Waals surface area contributed by atoms with E-state index in [1.807, 2.05) is 0 Å². The first-order valence-corrected chi connectivity index (χ1v) is 5.15. The minimum atomic E-state index is 0.404. The Labute approximate surface area is 74.0 Å². The van der Waals surface area contributed by atoms with Crippen molar-refractivity contribution in [1.82, 2.24) is 0 Å². The van der Waals surface area contributed by atoms with E-state index in [0.717, 1.165) is 12.8 Å². The van der Waals surface area contributed by atoms with Crippen LogP contribution in [0.2, 0.25) is 0 Å². The molecule has 0 aliphatic carbocycles. The molecule has 2 heteroatoms. The topological polar surface area (TPSA) is 17.1 Å². The zero-order valence-electron chi connectivity index (χ0n) is 7.05. The lowest BCUT2D eigenvalue weighted by atomic mass is 10.1. The predicted molar refractivity (Wildman–Crippen MR) is 52.5 cm³/mol. The molecule has 2 rings (SSSR count). The van der Waals surface area contributed by atoms with E-state index in [4.69, 9.17) is 0 Å². The summed E-state index contributed by atoms with van der Waals surface area (Å²) in [5, 5.41) is 1.26. The fourth-order valence-corrected chi connectivity index (χ4v) is 2.59. The van der Waals surface area contributed by atoms with Gasteiger partial charge >= 0.3 is 0 Å². The van der Waals surface area contributed by atoms with Crippen LogP contribution in [-0.2, 0) is 11.2 Å². The zero-order valence-corrected chi connectivity index (χ0v) is 8.05. The average Bonchev–Trinajstić information content (AvgIpc) is 2.05. The zero-order chi connectivity index (χ0) is 8.55. The third-order valence-corrected chi connectivity index (χ3v) is 3.44. The van der Waals surface area contributed by atoms with Crippen LogP contribution in [0.3, 0.4) is 0 Å². The summed E-state index contributed by atoms with van der Waals surface area (Å²) in [6.45, 7) is 2.10. The Bertz CT molecular complexity index is 331. The number of aryl methyl sites for hydroxylation is 2. The van der Waals surface area contributed by atoms with Crippen molar-refractivity contribution in [3.63, 3.8) is 0 Å². The highest BCUT2D eigenvalue weighted by Crippen LogP contribution is 2.24. The summed E-state index contributed by atoms with van der Waals surface area (Å²) in [7, 11) is 0.404. The number of benzene rings is 1. The van der Waals surface area contributed by atoms with Gasteiger partial charge in [-0.2, -0.15) is 0 Å². The molecule has 1 aromatic rings. The van der Waals surface area contributed by atoms with Crippen LogP contribution in [0.1, 0.15) is 17.5 Å². The van der Waals surface area contributed by atoms with Crippen LogP contribution < -0.4 is 5.30 Å². The van der Waals surface area contributed by atoms with Crippen LogP contribution in [0.5, 0.6) is 0 Å². The van der Waals surface area contributed by atoms with Gasteiger partial charge in [0.25, 0.3) is 0 Å². The third kappa shape index (κ3) is 1.42. The van der Waals surface area contributed by atoms with Gasteiger partial charge in [-0.05, 0) is 32.8 Å². The molecule has 0 amide bonds. The number of carbonyl (C=O) groups excluding carboxylic acids is 1. The van der Waals surface area contributed by atoms with Crippen LogP contribution in [0.15, 0.2) is 18.2 Å². The van der Waals surface area contributed by atoms with Crippen LogP contribution in [-0.4, -0.2) is 5.52 Å². The van der Waals surface area contributed by atoms with Gasteiger partial charge in [0.2, 0.25) is 0 Å². The van der Waals surface area contributed by atoms with Crippen molar-refractivity contribution in [3.05, 3.63) is 29.3 Å². The lowest BCUT2D eigenvalue weighted by Crippen LogP contribution is -2.14. The van der Waals surface area contributed by atoms with E-state index < -0.39 is 0 Å². The number of fused-ring (bicyclic) bond motifs is 1. The maximum atomic E-state index is 11.1. The Hall–Kier alpha value is -0.680. The molecule has 1 aliphatic heterocycles. The molecule has 1 unspecified atom stereocenters. The van der Waals surface area contributed by atoms with Gasteiger partial charge in [0, 0.05) is 6.42 Å². The SMILES string of the molecule is Cc1ccc2c(c1)CCC(=O)P2. The lowest BCUT2D eigenvalue weighted by molar-refractivity contribution is -0.111. The van der Waals surface area contributed by atoms with Crippen LogP contribution in [0, 0.1) is 6.92 Å². The summed E-state index contributed by atoms with van der Waals surface area (Å²) in [5.74, 6) is 0. The molecule has 0 aromatic heterocycles. The molecule has 0 N–H and O–H groups in total. The summed E-state index contributed by atoms with van der Waals surface area (Å²) >= 11 is 0. The molecule has 0 radical (unpaired) electrons. The molecule has 1 nitrogen and oxygen atoms in total. The van der Waals surface area contributed by atoms with Gasteiger partial charge in [0.1, 0.15) is 0 Å². The highest BCUT2D eigenvalue weighted by molar-refractivity contribution is 7.65. The summed E-state index contributed by atoms with van der Waals surface area (Å²) in [6.07, 6.45) is 1.69. The highest BCUT2D eigenvalue weighted by atomic mass is 31.1. The number of hydrogen-bond donors (Lipinski definition) is 0. The molecule has 62 valence electrons. The second kappa shape index (κ2) is 2.99. The Morgan fingerprint density at radius 3 is 3.00 bits per heavy atom. The first-order chi connectivity index (χ1) is 5.75. The van der Waals surface area contributed by atoms with Gasteiger partial charge in [0.05, 0.1) is 0 Å². The molecule has 0 saturated carbocycles. The maximum absolute atomic E-state index is 11.1. The average molecular weight is 178 g/mol. The summed E-state index contributed by atoms with van der Waals surface area (Å²) < 4.78 is 0. The first kappa shape index (κ1) is 7.94. The molecule has 0 saturated heterocycles. The van der Waals surface area contributed by atoms with Crippen LogP contribution >= 0.6 is 8.58 Å². The smallest absolute Gasteiger partial charge is 0.156 e. The van der Waals surface area contributed by atoms with E-state index in [-0.39, 0.29) is 0 Å². The van der Waals surface area contributed by atoms with Gasteiger partial charge in [-0.25, -0.2) is 0 Å². The lowest BCUT2D eigenvalue weighted by Gasteiger charge is -2.14. The molecule has 1 aromatic carbocycles. The summed E-state index contributed by atoms with van der Waals surface area (Å²) in [6, 6.07) is 6.39. The highest BCUT2D eigenvalue weighted by Gasteiger charge is 2.14. The standard InChI is InChI=1S/C10H11OP/c1-7-2-4-9-8(6-7)3-5-10(11)12-9/h2,4,6,12H,3,5H2,1H3. The fraction of sp³-hybridized carbons (Fsp3) is 0.300. The van der Waals surface area contributed by atoms with E-state index in [1.54, 1.807) is 0 Å². The Morgan fingerprint density at radius 2 is 2.17 bits per heavy atom. The number of rotatable bonds is 0. The fourth-order valence-electron chi connectivity index (χ4n) is 1.51. The number of hydrogen-bond acceptors (Lipinski definition) is 1. The quantitative estimate of drug-likeness (QED) is 0.553. The molecule has 1 atom stereocenters. The molecule has 0 spiro atoms. The first-order valence-electron chi connectivity index (χ1n) is 4.15. The van der Waals surface area contributed by atoms with E-state index in [2.05, 4.69) is 25.1 Å². The molecule has 1 heterocycles. The Balaban J connectivity index is 2.43. The summed E-state index contributed by atoms with van der Waals surface area (Å²) in [5.41, 5.74) is 3.09. The van der Waals surface area contributed by atoms with Crippen LogP contribution in [0.25, 0.3) is 0 Å². The molecule has 0 fully saturated rings. The Kier molecular flexibility index (Phi) is 1.98. The van der Waals surface area contributed by atoms with Gasteiger partial charge in [-0.15, -0.1) is 0 Å². The molecular formula is C10H11OP. The van der Waals surface area contributed by atoms with Gasteiger partial charge in [-0.1, -0.05) is 23.8 Å². The van der Waals surface area contributed by atoms with Gasteiger partial charge in [0.15, 0.2) is 5.52 Å². The minimum absolute atomic E-state index is 0.404. The minimum Gasteiger partial charge on any atom is -0.295 e. The van der Waals surface area contributed by atoms with E-state index >= 15 is 0 Å². The van der Waals surface area contributed by atoms with Crippen molar-refractivity contribution in [2.24, 2.45) is 0 Å². The molecular weight excluding hydrogens is 167 g/mol. The van der Waals surface area contributed by atoms with E-state index in [0.29, 0.717) is 14.1 Å².